The first-order valence-corrected chi connectivity index (χ1v) is 10.3. The van der Waals surface area contributed by atoms with E-state index >= 15 is 0 Å². The van der Waals surface area contributed by atoms with Crippen molar-refractivity contribution in [1.82, 2.24) is 24.0 Å². The van der Waals surface area contributed by atoms with Gasteiger partial charge in [0.1, 0.15) is 0 Å². The molecule has 3 aromatic rings. The standard InChI is InChI=1S/C21H28N6O3/c1-15-5-3-6-16(13-15)14-27-17-18(25(2)21(29)24-19(17)28)23-20(27)22-7-4-8-26-9-11-30-12-10-26/h3,5-6,13H,4,7-12,14H2,1-2H3,(H,22,23)(H,24,28,29). The molecule has 30 heavy (non-hydrogen) atoms. The van der Waals surface area contributed by atoms with E-state index in [9.17, 15) is 9.59 Å². The van der Waals surface area contributed by atoms with Crippen LogP contribution in [-0.2, 0) is 18.3 Å². The predicted molar refractivity (Wildman–Crippen MR) is 116 cm³/mol. The van der Waals surface area contributed by atoms with Crippen molar-refractivity contribution in [3.05, 3.63) is 56.2 Å². The van der Waals surface area contributed by atoms with Crippen LogP contribution in [-0.4, -0.2) is 63.4 Å². The van der Waals surface area contributed by atoms with Crippen LogP contribution in [0.5, 0.6) is 0 Å². The number of fused-ring (bicyclic) bond motifs is 1. The van der Waals surface area contributed by atoms with Crippen LogP contribution >= 0.6 is 0 Å². The summed E-state index contributed by atoms with van der Waals surface area (Å²) in [4.78, 5) is 34.0. The highest BCUT2D eigenvalue weighted by Crippen LogP contribution is 2.18. The van der Waals surface area contributed by atoms with Crippen molar-refractivity contribution in [2.24, 2.45) is 7.05 Å². The fourth-order valence-electron chi connectivity index (χ4n) is 3.84. The number of aryl methyl sites for hydroxylation is 2. The number of H-pyrrole nitrogens is 1. The second kappa shape index (κ2) is 8.85. The number of imidazole rings is 1. The number of hydrogen-bond donors (Lipinski definition) is 2. The summed E-state index contributed by atoms with van der Waals surface area (Å²) in [5, 5.41) is 3.38. The molecule has 0 unspecified atom stereocenters. The van der Waals surface area contributed by atoms with E-state index in [0.29, 0.717) is 23.7 Å². The molecule has 2 aromatic heterocycles. The Bertz CT molecular complexity index is 1140. The first-order valence-electron chi connectivity index (χ1n) is 10.3. The van der Waals surface area contributed by atoms with Gasteiger partial charge in [0.25, 0.3) is 5.56 Å². The summed E-state index contributed by atoms with van der Waals surface area (Å²) in [6.45, 7) is 7.73. The lowest BCUT2D eigenvalue weighted by Crippen LogP contribution is -2.37. The first-order chi connectivity index (χ1) is 14.5. The first kappa shape index (κ1) is 20.4. The third-order valence-electron chi connectivity index (χ3n) is 5.47. The van der Waals surface area contributed by atoms with Gasteiger partial charge in [-0.1, -0.05) is 29.8 Å². The fraction of sp³-hybridized carbons (Fsp3) is 0.476. The molecule has 0 spiro atoms. The molecular formula is C21H28N6O3. The molecule has 0 amide bonds. The van der Waals surface area contributed by atoms with Crippen LogP contribution in [0.25, 0.3) is 11.2 Å². The van der Waals surface area contributed by atoms with Crippen molar-refractivity contribution in [2.75, 3.05) is 44.7 Å². The second-order valence-electron chi connectivity index (χ2n) is 7.74. The maximum Gasteiger partial charge on any atom is 0.329 e. The SMILES string of the molecule is Cc1cccc(Cn2c(NCCCN3CCOCC3)nc3c2c(=O)[nH]c(=O)n3C)c1. The maximum atomic E-state index is 12.6. The second-order valence-corrected chi connectivity index (χ2v) is 7.74. The number of aromatic nitrogens is 4. The number of anilines is 1. The summed E-state index contributed by atoms with van der Waals surface area (Å²) in [5.74, 6) is 0.597. The smallest absolute Gasteiger partial charge is 0.329 e. The van der Waals surface area contributed by atoms with Crippen LogP contribution in [0.3, 0.4) is 0 Å². The fourth-order valence-corrected chi connectivity index (χ4v) is 3.84. The van der Waals surface area contributed by atoms with Gasteiger partial charge >= 0.3 is 5.69 Å². The minimum absolute atomic E-state index is 0.382. The molecule has 1 aromatic carbocycles. The van der Waals surface area contributed by atoms with E-state index in [1.165, 1.54) is 4.57 Å². The van der Waals surface area contributed by atoms with Crippen molar-refractivity contribution < 1.29 is 4.74 Å². The van der Waals surface area contributed by atoms with E-state index in [-0.39, 0.29) is 0 Å². The molecule has 9 heteroatoms. The topological polar surface area (TPSA) is 97.2 Å². The highest BCUT2D eigenvalue weighted by atomic mass is 16.5. The van der Waals surface area contributed by atoms with Crippen LogP contribution in [0.15, 0.2) is 33.9 Å². The van der Waals surface area contributed by atoms with E-state index < -0.39 is 11.2 Å². The number of nitrogens with one attached hydrogen (secondary N) is 2. The molecule has 160 valence electrons. The Labute approximate surface area is 174 Å². The van der Waals surface area contributed by atoms with Crippen molar-refractivity contribution in [2.45, 2.75) is 19.9 Å². The summed E-state index contributed by atoms with van der Waals surface area (Å²) >= 11 is 0. The summed E-state index contributed by atoms with van der Waals surface area (Å²) in [7, 11) is 1.62. The molecule has 3 heterocycles. The molecule has 9 nitrogen and oxygen atoms in total. The molecule has 0 atom stereocenters. The number of aromatic amines is 1. The minimum atomic E-state index is -0.466. The molecule has 0 bridgehead atoms. The number of nitrogens with zero attached hydrogens (tertiary/aromatic N) is 4. The predicted octanol–water partition coefficient (Wildman–Crippen LogP) is 0.914. The molecule has 1 aliphatic rings. The average Bonchev–Trinajstić information content (AvgIpc) is 3.09. The van der Waals surface area contributed by atoms with Gasteiger partial charge in [0.05, 0.1) is 19.8 Å². The highest BCUT2D eigenvalue weighted by molar-refractivity contribution is 5.74. The average molecular weight is 412 g/mol. The van der Waals surface area contributed by atoms with Gasteiger partial charge in [0, 0.05) is 26.7 Å². The normalized spacial score (nSPS) is 15.0. The van der Waals surface area contributed by atoms with Crippen LogP contribution in [0.2, 0.25) is 0 Å². The van der Waals surface area contributed by atoms with E-state index in [2.05, 4.69) is 26.3 Å². The lowest BCUT2D eigenvalue weighted by atomic mass is 10.1. The van der Waals surface area contributed by atoms with Gasteiger partial charge in [-0.25, -0.2) is 4.79 Å². The van der Waals surface area contributed by atoms with Crippen molar-refractivity contribution >= 4 is 17.1 Å². The van der Waals surface area contributed by atoms with Crippen molar-refractivity contribution in [3.8, 4) is 0 Å². The van der Waals surface area contributed by atoms with Gasteiger partial charge < -0.3 is 10.1 Å². The number of hydrogen-bond acceptors (Lipinski definition) is 6. The van der Waals surface area contributed by atoms with Gasteiger partial charge in [-0.2, -0.15) is 4.98 Å². The number of rotatable bonds is 7. The summed E-state index contributed by atoms with van der Waals surface area (Å²) in [6, 6.07) is 8.15. The zero-order chi connectivity index (χ0) is 21.1. The van der Waals surface area contributed by atoms with E-state index in [1.807, 2.05) is 29.7 Å². The summed E-state index contributed by atoms with van der Waals surface area (Å²) in [6.07, 6.45) is 0.947. The Balaban J connectivity index is 1.60. The minimum Gasteiger partial charge on any atom is -0.379 e. The maximum absolute atomic E-state index is 12.6. The third kappa shape index (κ3) is 4.31. The van der Waals surface area contributed by atoms with Crippen LogP contribution in [0.4, 0.5) is 5.95 Å². The van der Waals surface area contributed by atoms with Crippen LogP contribution < -0.4 is 16.6 Å². The molecule has 1 fully saturated rings. The van der Waals surface area contributed by atoms with Gasteiger partial charge in [-0.3, -0.25) is 23.8 Å². The Hall–Kier alpha value is -2.91. The van der Waals surface area contributed by atoms with Gasteiger partial charge in [-0.05, 0) is 25.5 Å². The lowest BCUT2D eigenvalue weighted by Gasteiger charge is -2.26. The number of ether oxygens (including phenoxy) is 1. The molecule has 0 saturated carbocycles. The highest BCUT2D eigenvalue weighted by Gasteiger charge is 2.18. The van der Waals surface area contributed by atoms with Crippen molar-refractivity contribution in [1.29, 1.82) is 0 Å². The lowest BCUT2D eigenvalue weighted by molar-refractivity contribution is 0.0378. The monoisotopic (exact) mass is 412 g/mol. The molecule has 4 rings (SSSR count). The van der Waals surface area contributed by atoms with Crippen LogP contribution in [0, 0.1) is 6.92 Å². The molecule has 2 N–H and O–H groups in total. The Morgan fingerprint density at radius 3 is 2.80 bits per heavy atom. The van der Waals surface area contributed by atoms with E-state index in [4.69, 9.17) is 4.74 Å². The largest absolute Gasteiger partial charge is 0.379 e. The Morgan fingerprint density at radius 1 is 1.23 bits per heavy atom. The molecule has 0 radical (unpaired) electrons. The van der Waals surface area contributed by atoms with Gasteiger partial charge in [0.15, 0.2) is 11.2 Å². The quantitative estimate of drug-likeness (QED) is 0.560. The summed E-state index contributed by atoms with van der Waals surface area (Å²) in [5.41, 5.74) is 2.11. The Morgan fingerprint density at radius 2 is 2.03 bits per heavy atom. The van der Waals surface area contributed by atoms with Crippen LogP contribution in [0.1, 0.15) is 17.5 Å². The molecular weight excluding hydrogens is 384 g/mol. The van der Waals surface area contributed by atoms with Crippen molar-refractivity contribution in [3.63, 3.8) is 0 Å². The molecule has 1 saturated heterocycles. The zero-order valence-electron chi connectivity index (χ0n) is 17.5. The third-order valence-corrected chi connectivity index (χ3v) is 5.47. The Kier molecular flexibility index (Phi) is 6.01. The summed E-state index contributed by atoms with van der Waals surface area (Å²) < 4.78 is 8.63. The number of morpholine rings is 1. The van der Waals surface area contributed by atoms with Gasteiger partial charge in [0.2, 0.25) is 5.95 Å². The molecule has 0 aliphatic carbocycles. The molecule has 1 aliphatic heterocycles. The van der Waals surface area contributed by atoms with Gasteiger partial charge in [-0.15, -0.1) is 0 Å². The van der Waals surface area contributed by atoms with E-state index in [0.717, 1.165) is 56.9 Å². The zero-order valence-corrected chi connectivity index (χ0v) is 17.5. The van der Waals surface area contributed by atoms with E-state index in [1.54, 1.807) is 7.05 Å². The number of benzene rings is 1.